The number of aromatic nitrogens is 1. The predicted molar refractivity (Wildman–Crippen MR) is 137 cm³/mol. The van der Waals surface area contributed by atoms with Gasteiger partial charge in [-0.05, 0) is 67.8 Å². The number of Topliss-reactive ketones (excluding diaryl/α,β-unsaturated/α-hetero) is 1. The zero-order valence-electron chi connectivity index (χ0n) is 21.7. The first-order valence-corrected chi connectivity index (χ1v) is 12.8. The Bertz CT molecular complexity index is 1400. The van der Waals surface area contributed by atoms with Crippen LogP contribution in [0.3, 0.4) is 0 Å². The molecule has 1 N–H and O–H groups in total. The molecular formula is C30H30N2O6. The Hall–Kier alpha value is -4.33. The fourth-order valence-electron chi connectivity index (χ4n) is 5.06. The number of likely N-dealkylation sites (tertiary alicyclic amines) is 1. The third kappa shape index (κ3) is 4.69. The van der Waals surface area contributed by atoms with Crippen LogP contribution in [0.1, 0.15) is 49.1 Å². The molecule has 0 saturated carbocycles. The molecule has 2 atom stereocenters. The van der Waals surface area contributed by atoms with Crippen LogP contribution in [0, 0.1) is 0 Å². The summed E-state index contributed by atoms with van der Waals surface area (Å²) >= 11 is 0. The van der Waals surface area contributed by atoms with Gasteiger partial charge in [0.15, 0.2) is 23.9 Å². The van der Waals surface area contributed by atoms with Crippen molar-refractivity contribution in [3.05, 3.63) is 88.8 Å². The summed E-state index contributed by atoms with van der Waals surface area (Å²) in [5, 5.41) is 13.9. The minimum atomic E-state index is -0.888. The maximum Gasteiger partial charge on any atom is 0.295 e. The molecule has 2 aromatic carbocycles. The first-order valence-electron chi connectivity index (χ1n) is 12.8. The van der Waals surface area contributed by atoms with Crippen LogP contribution in [0.5, 0.6) is 17.2 Å². The molecule has 1 aromatic heterocycles. The number of benzene rings is 2. The molecule has 3 heterocycles. The number of pyridine rings is 1. The van der Waals surface area contributed by atoms with Crippen molar-refractivity contribution in [1.29, 1.82) is 0 Å². The summed E-state index contributed by atoms with van der Waals surface area (Å²) in [7, 11) is 0. The fourth-order valence-corrected chi connectivity index (χ4v) is 5.06. The van der Waals surface area contributed by atoms with Gasteiger partial charge in [0.05, 0.1) is 25.8 Å². The number of hydrogen-bond donors (Lipinski definition) is 0. The SMILES string of the molecule is CCOc1ccc(C2C(=C([O-])c3ccc4c(c3)CC(C)O4)C(=O)C(=O)N2Cc2ccc[nH+]c2)cc1OCC. The van der Waals surface area contributed by atoms with E-state index in [1.54, 1.807) is 48.8 Å². The Morgan fingerprint density at radius 2 is 1.87 bits per heavy atom. The van der Waals surface area contributed by atoms with Crippen molar-refractivity contribution in [1.82, 2.24) is 4.90 Å². The molecule has 8 heteroatoms. The molecule has 5 rings (SSSR count). The van der Waals surface area contributed by atoms with Gasteiger partial charge in [-0.2, -0.15) is 0 Å². The molecule has 0 spiro atoms. The first kappa shape index (κ1) is 25.3. The number of ether oxygens (including phenoxy) is 3. The van der Waals surface area contributed by atoms with Crippen LogP contribution in [-0.4, -0.2) is 35.9 Å². The second-order valence-corrected chi connectivity index (χ2v) is 9.35. The van der Waals surface area contributed by atoms with Crippen molar-refractivity contribution in [2.75, 3.05) is 13.2 Å². The average Bonchev–Trinajstić information content (AvgIpc) is 3.41. The molecule has 196 valence electrons. The number of hydrogen-bond acceptors (Lipinski definition) is 6. The fraction of sp³-hybridized carbons (Fsp3) is 0.300. The van der Waals surface area contributed by atoms with Gasteiger partial charge in [-0.1, -0.05) is 17.9 Å². The number of carbonyl (C=O) groups is 2. The average molecular weight is 515 g/mol. The normalized spacial score (nSPS) is 19.8. The molecule has 2 aliphatic rings. The molecule has 1 fully saturated rings. The van der Waals surface area contributed by atoms with Crippen LogP contribution < -0.4 is 24.3 Å². The zero-order chi connectivity index (χ0) is 26.8. The number of nitrogens with one attached hydrogen (secondary N) is 1. The van der Waals surface area contributed by atoms with Gasteiger partial charge in [-0.25, -0.2) is 4.98 Å². The van der Waals surface area contributed by atoms with Crippen molar-refractivity contribution in [3.8, 4) is 17.2 Å². The largest absolute Gasteiger partial charge is 0.872 e. The van der Waals surface area contributed by atoms with E-state index in [1.807, 2.05) is 32.9 Å². The van der Waals surface area contributed by atoms with Crippen molar-refractivity contribution >= 4 is 17.4 Å². The number of aromatic amines is 1. The Labute approximate surface area is 221 Å². The second kappa shape index (κ2) is 10.6. The number of rotatable bonds is 8. The summed E-state index contributed by atoms with van der Waals surface area (Å²) in [6.45, 7) is 6.71. The molecule has 1 amide bonds. The summed E-state index contributed by atoms with van der Waals surface area (Å²) in [6.07, 6.45) is 4.22. The number of carbonyl (C=O) groups excluding carboxylic acids is 2. The van der Waals surface area contributed by atoms with E-state index in [0.29, 0.717) is 42.3 Å². The van der Waals surface area contributed by atoms with Gasteiger partial charge in [0.1, 0.15) is 11.9 Å². The highest BCUT2D eigenvalue weighted by Crippen LogP contribution is 2.43. The van der Waals surface area contributed by atoms with Gasteiger partial charge in [0.2, 0.25) is 5.78 Å². The molecule has 3 aromatic rings. The first-order chi connectivity index (χ1) is 18.4. The number of ketones is 1. The standard InChI is InChI=1S/C30H30N2O6/c1-4-36-24-11-8-20(15-25(24)37-5-2)27-26(28(33)21-9-10-23-22(14-21)13-18(3)38-23)29(34)30(35)32(27)17-19-7-6-12-31-16-19/h6-12,14-16,18,27,33H,4-5,13,17H2,1-3H3. The van der Waals surface area contributed by atoms with Gasteiger partial charge in [-0.15, -0.1) is 0 Å². The number of H-pyrrole nitrogens is 1. The lowest BCUT2D eigenvalue weighted by Crippen LogP contribution is -2.29. The molecule has 0 aliphatic carbocycles. The molecular weight excluding hydrogens is 484 g/mol. The molecule has 38 heavy (non-hydrogen) atoms. The molecule has 2 unspecified atom stereocenters. The molecule has 2 aliphatic heterocycles. The Morgan fingerprint density at radius 1 is 1.08 bits per heavy atom. The highest BCUT2D eigenvalue weighted by Gasteiger charge is 2.44. The summed E-state index contributed by atoms with van der Waals surface area (Å²) < 4.78 is 17.3. The minimum absolute atomic E-state index is 0.0180. The van der Waals surface area contributed by atoms with Crippen LogP contribution >= 0.6 is 0 Å². The monoisotopic (exact) mass is 514 g/mol. The van der Waals surface area contributed by atoms with E-state index in [0.717, 1.165) is 16.9 Å². The van der Waals surface area contributed by atoms with Crippen LogP contribution in [0.4, 0.5) is 0 Å². The molecule has 0 bridgehead atoms. The predicted octanol–water partition coefficient (Wildman–Crippen LogP) is 3.05. The quantitative estimate of drug-likeness (QED) is 0.260. The number of fused-ring (bicyclic) bond motifs is 1. The molecule has 1 saturated heterocycles. The number of nitrogens with zero attached hydrogens (tertiary/aromatic N) is 1. The van der Waals surface area contributed by atoms with E-state index in [1.165, 1.54) is 4.90 Å². The lowest BCUT2D eigenvalue weighted by atomic mass is 9.94. The smallest absolute Gasteiger partial charge is 0.295 e. The molecule has 8 nitrogen and oxygen atoms in total. The van der Waals surface area contributed by atoms with Crippen molar-refractivity contribution in [2.24, 2.45) is 0 Å². The van der Waals surface area contributed by atoms with E-state index < -0.39 is 23.5 Å². The van der Waals surface area contributed by atoms with Gasteiger partial charge in [-0.3, -0.25) is 9.59 Å². The van der Waals surface area contributed by atoms with Gasteiger partial charge in [0, 0.05) is 23.6 Å². The van der Waals surface area contributed by atoms with Crippen LogP contribution in [-0.2, 0) is 22.6 Å². The highest BCUT2D eigenvalue weighted by atomic mass is 16.5. The topological polar surface area (TPSA) is 102 Å². The Kier molecular flexibility index (Phi) is 7.05. The molecule has 0 radical (unpaired) electrons. The van der Waals surface area contributed by atoms with Crippen molar-refractivity contribution in [3.63, 3.8) is 0 Å². The van der Waals surface area contributed by atoms with Gasteiger partial charge in [0.25, 0.3) is 5.91 Å². The minimum Gasteiger partial charge on any atom is -0.872 e. The summed E-state index contributed by atoms with van der Waals surface area (Å²) in [5.74, 6) is -0.200. The maximum atomic E-state index is 13.9. The third-order valence-corrected chi connectivity index (χ3v) is 6.70. The van der Waals surface area contributed by atoms with E-state index in [4.69, 9.17) is 14.2 Å². The third-order valence-electron chi connectivity index (χ3n) is 6.70. The Morgan fingerprint density at radius 3 is 2.61 bits per heavy atom. The van der Waals surface area contributed by atoms with E-state index in [2.05, 4.69) is 4.98 Å². The lowest BCUT2D eigenvalue weighted by Gasteiger charge is -2.28. The lowest BCUT2D eigenvalue weighted by molar-refractivity contribution is -0.378. The van der Waals surface area contributed by atoms with Crippen molar-refractivity contribution in [2.45, 2.75) is 45.9 Å². The van der Waals surface area contributed by atoms with E-state index >= 15 is 0 Å². The second-order valence-electron chi connectivity index (χ2n) is 9.35. The summed E-state index contributed by atoms with van der Waals surface area (Å²) in [4.78, 5) is 31.3. The van der Waals surface area contributed by atoms with E-state index in [-0.39, 0.29) is 18.2 Å². The Balaban J connectivity index is 1.65. The highest BCUT2D eigenvalue weighted by molar-refractivity contribution is 6.46. The van der Waals surface area contributed by atoms with Gasteiger partial charge >= 0.3 is 0 Å². The van der Waals surface area contributed by atoms with E-state index in [9.17, 15) is 14.7 Å². The van der Waals surface area contributed by atoms with Crippen LogP contribution in [0.2, 0.25) is 0 Å². The van der Waals surface area contributed by atoms with Crippen LogP contribution in [0.15, 0.2) is 66.5 Å². The zero-order valence-corrected chi connectivity index (χ0v) is 21.7. The number of amides is 1. The maximum absolute atomic E-state index is 13.9. The van der Waals surface area contributed by atoms with Crippen LogP contribution in [0.25, 0.3) is 5.76 Å². The van der Waals surface area contributed by atoms with Crippen molar-refractivity contribution < 1.29 is 33.9 Å². The summed E-state index contributed by atoms with van der Waals surface area (Å²) in [6, 6.07) is 13.2. The summed E-state index contributed by atoms with van der Waals surface area (Å²) in [5.41, 5.74) is 2.58. The van der Waals surface area contributed by atoms with Gasteiger partial charge < -0.3 is 24.2 Å².